The van der Waals surface area contributed by atoms with Crippen LogP contribution < -0.4 is 0 Å². The monoisotopic (exact) mass is 370 g/mol. The average Bonchev–Trinajstić information content (AvgIpc) is 2.55. The van der Waals surface area contributed by atoms with Crippen molar-refractivity contribution in [2.75, 3.05) is 33.4 Å². The number of amides is 1. The van der Waals surface area contributed by atoms with E-state index in [1.807, 2.05) is 6.92 Å². The van der Waals surface area contributed by atoms with Crippen molar-refractivity contribution in [1.82, 2.24) is 9.21 Å². The Morgan fingerprint density at radius 2 is 1.92 bits per heavy atom. The van der Waals surface area contributed by atoms with Crippen molar-refractivity contribution in [2.45, 2.75) is 24.3 Å². The summed E-state index contributed by atoms with van der Waals surface area (Å²) in [5.74, 6) is -1.74. The minimum absolute atomic E-state index is 0.0452. The number of nitrogens with zero attached hydrogens (tertiary/aromatic N) is 2. The van der Waals surface area contributed by atoms with E-state index in [1.165, 1.54) is 24.1 Å². The maximum Gasteiger partial charge on any atom is 0.305 e. The molecule has 0 bridgehead atoms. The highest BCUT2D eigenvalue weighted by atomic mass is 32.2. The molecule has 0 spiro atoms. The zero-order chi connectivity index (χ0) is 18.6. The molecular formula is C16H22N2O6S. The van der Waals surface area contributed by atoms with Crippen molar-refractivity contribution in [3.63, 3.8) is 0 Å². The van der Waals surface area contributed by atoms with Gasteiger partial charge in [-0.1, -0.05) is 17.7 Å². The van der Waals surface area contributed by atoms with Crippen LogP contribution in [0.15, 0.2) is 29.2 Å². The molecule has 0 saturated carbocycles. The quantitative estimate of drug-likeness (QED) is 0.741. The van der Waals surface area contributed by atoms with E-state index in [4.69, 9.17) is 9.84 Å². The molecule has 1 amide bonds. The molecule has 25 heavy (non-hydrogen) atoms. The average molecular weight is 370 g/mol. The van der Waals surface area contributed by atoms with Crippen LogP contribution in [0.2, 0.25) is 0 Å². The van der Waals surface area contributed by atoms with Crippen LogP contribution >= 0.6 is 0 Å². The standard InChI is InChI=1S/C16H22N2O6S/c1-12-3-5-13(6-4-12)25(22,23)18-8-7-17(9-10-24-2)16(21)14(18)11-15(19)20/h3-6,14H,7-11H2,1-2H3,(H,19,20). The third-order valence-corrected chi connectivity index (χ3v) is 6.02. The van der Waals surface area contributed by atoms with Gasteiger partial charge in [0.25, 0.3) is 0 Å². The van der Waals surface area contributed by atoms with Gasteiger partial charge in [-0.25, -0.2) is 8.42 Å². The zero-order valence-corrected chi connectivity index (χ0v) is 15.0. The Labute approximate surface area is 147 Å². The van der Waals surface area contributed by atoms with Gasteiger partial charge < -0.3 is 14.7 Å². The predicted molar refractivity (Wildman–Crippen MR) is 89.6 cm³/mol. The van der Waals surface area contributed by atoms with E-state index in [9.17, 15) is 18.0 Å². The molecule has 1 heterocycles. The van der Waals surface area contributed by atoms with Gasteiger partial charge >= 0.3 is 5.97 Å². The fraction of sp³-hybridized carbons (Fsp3) is 0.500. The molecule has 9 heteroatoms. The molecule has 1 N–H and O–H groups in total. The van der Waals surface area contributed by atoms with E-state index in [2.05, 4.69) is 0 Å². The summed E-state index contributed by atoms with van der Waals surface area (Å²) < 4.78 is 31.7. The molecule has 2 rings (SSSR count). The number of hydrogen-bond donors (Lipinski definition) is 1. The van der Waals surface area contributed by atoms with E-state index < -0.39 is 34.4 Å². The third-order valence-electron chi connectivity index (χ3n) is 4.10. The van der Waals surface area contributed by atoms with Gasteiger partial charge in [0.2, 0.25) is 15.9 Å². The first-order valence-corrected chi connectivity index (χ1v) is 9.29. The number of methoxy groups -OCH3 is 1. The predicted octanol–water partition coefficient (Wildman–Crippen LogP) is 0.318. The highest BCUT2D eigenvalue weighted by molar-refractivity contribution is 7.89. The molecule has 1 unspecified atom stereocenters. The number of aryl methyl sites for hydroxylation is 1. The highest BCUT2D eigenvalue weighted by Gasteiger charge is 2.42. The Morgan fingerprint density at radius 1 is 1.28 bits per heavy atom. The number of sulfonamides is 1. The van der Waals surface area contributed by atoms with Gasteiger partial charge in [-0.3, -0.25) is 9.59 Å². The van der Waals surface area contributed by atoms with E-state index in [0.717, 1.165) is 9.87 Å². The molecule has 138 valence electrons. The molecule has 1 aliphatic rings. The number of carboxylic acids is 1. The van der Waals surface area contributed by atoms with Gasteiger partial charge in [-0.2, -0.15) is 4.31 Å². The normalized spacial score (nSPS) is 19.2. The Bertz CT molecular complexity index is 731. The van der Waals surface area contributed by atoms with Crippen molar-refractivity contribution in [1.29, 1.82) is 0 Å². The maximum absolute atomic E-state index is 12.9. The minimum Gasteiger partial charge on any atom is -0.481 e. The molecule has 1 aliphatic heterocycles. The lowest BCUT2D eigenvalue weighted by Crippen LogP contribution is -2.59. The fourth-order valence-corrected chi connectivity index (χ4v) is 4.30. The summed E-state index contributed by atoms with van der Waals surface area (Å²) in [6.07, 6.45) is -0.576. The summed E-state index contributed by atoms with van der Waals surface area (Å²) in [6, 6.07) is 4.99. The number of ether oxygens (including phenoxy) is 1. The molecule has 1 aromatic carbocycles. The van der Waals surface area contributed by atoms with Gasteiger partial charge in [0.15, 0.2) is 0 Å². The first kappa shape index (κ1) is 19.4. The number of carboxylic acid groups (broad SMARTS) is 1. The first-order valence-electron chi connectivity index (χ1n) is 7.85. The van der Waals surface area contributed by atoms with E-state index >= 15 is 0 Å². The van der Waals surface area contributed by atoms with Crippen molar-refractivity contribution in [2.24, 2.45) is 0 Å². The lowest BCUT2D eigenvalue weighted by Gasteiger charge is -2.39. The van der Waals surface area contributed by atoms with Crippen molar-refractivity contribution in [3.8, 4) is 0 Å². The van der Waals surface area contributed by atoms with Crippen LogP contribution in [0.25, 0.3) is 0 Å². The molecule has 1 fully saturated rings. The number of piperazine rings is 1. The Kier molecular flexibility index (Phi) is 6.15. The molecular weight excluding hydrogens is 348 g/mol. The number of benzene rings is 1. The van der Waals surface area contributed by atoms with Gasteiger partial charge in [-0.05, 0) is 19.1 Å². The van der Waals surface area contributed by atoms with Gasteiger partial charge in [0.05, 0.1) is 17.9 Å². The third kappa shape index (κ3) is 4.36. The summed E-state index contributed by atoms with van der Waals surface area (Å²) in [7, 11) is -2.46. The summed E-state index contributed by atoms with van der Waals surface area (Å²) in [5.41, 5.74) is 0.904. The molecule has 0 aromatic heterocycles. The van der Waals surface area contributed by atoms with Crippen molar-refractivity contribution in [3.05, 3.63) is 29.8 Å². The second-order valence-electron chi connectivity index (χ2n) is 5.86. The van der Waals surface area contributed by atoms with Crippen LogP contribution in [0.4, 0.5) is 0 Å². The van der Waals surface area contributed by atoms with Crippen molar-refractivity contribution >= 4 is 21.9 Å². The Morgan fingerprint density at radius 3 is 2.48 bits per heavy atom. The lowest BCUT2D eigenvalue weighted by atomic mass is 10.1. The minimum atomic E-state index is -3.96. The Balaban J connectivity index is 2.32. The molecule has 0 aliphatic carbocycles. The number of aliphatic carboxylic acids is 1. The highest BCUT2D eigenvalue weighted by Crippen LogP contribution is 2.24. The molecule has 0 radical (unpaired) electrons. The lowest BCUT2D eigenvalue weighted by molar-refractivity contribution is -0.147. The second kappa shape index (κ2) is 7.94. The number of carbonyl (C=O) groups excluding carboxylic acids is 1. The van der Waals surface area contributed by atoms with Crippen LogP contribution in [0.5, 0.6) is 0 Å². The van der Waals surface area contributed by atoms with Gasteiger partial charge in [0.1, 0.15) is 6.04 Å². The summed E-state index contributed by atoms with van der Waals surface area (Å²) in [6.45, 7) is 2.68. The van der Waals surface area contributed by atoms with Crippen LogP contribution in [0.1, 0.15) is 12.0 Å². The SMILES string of the molecule is COCCN1CCN(S(=O)(=O)c2ccc(C)cc2)C(CC(=O)O)C1=O. The topological polar surface area (TPSA) is 104 Å². The number of hydrogen-bond acceptors (Lipinski definition) is 5. The zero-order valence-electron chi connectivity index (χ0n) is 14.2. The van der Waals surface area contributed by atoms with Gasteiger partial charge in [0, 0.05) is 26.7 Å². The summed E-state index contributed by atoms with van der Waals surface area (Å²) in [5, 5.41) is 9.12. The first-order chi connectivity index (χ1) is 11.8. The summed E-state index contributed by atoms with van der Waals surface area (Å²) >= 11 is 0. The molecule has 8 nitrogen and oxygen atoms in total. The molecule has 1 saturated heterocycles. The van der Waals surface area contributed by atoms with E-state index in [0.29, 0.717) is 13.2 Å². The van der Waals surface area contributed by atoms with Crippen LogP contribution in [-0.2, 0) is 24.3 Å². The summed E-state index contributed by atoms with van der Waals surface area (Å²) in [4.78, 5) is 25.3. The fourth-order valence-electron chi connectivity index (χ4n) is 2.73. The van der Waals surface area contributed by atoms with Gasteiger partial charge in [-0.15, -0.1) is 0 Å². The van der Waals surface area contributed by atoms with E-state index in [1.54, 1.807) is 12.1 Å². The number of carbonyl (C=O) groups is 2. The van der Waals surface area contributed by atoms with Crippen LogP contribution in [-0.4, -0.2) is 74.0 Å². The number of rotatable bonds is 7. The van der Waals surface area contributed by atoms with Crippen molar-refractivity contribution < 1.29 is 27.9 Å². The molecule has 1 atom stereocenters. The maximum atomic E-state index is 12.9. The molecule has 1 aromatic rings. The smallest absolute Gasteiger partial charge is 0.305 e. The van der Waals surface area contributed by atoms with Crippen LogP contribution in [0, 0.1) is 6.92 Å². The Hall–Kier alpha value is -1.97. The van der Waals surface area contributed by atoms with Crippen LogP contribution in [0.3, 0.4) is 0 Å². The largest absolute Gasteiger partial charge is 0.481 e. The second-order valence-corrected chi connectivity index (χ2v) is 7.75. The van der Waals surface area contributed by atoms with E-state index in [-0.39, 0.29) is 18.0 Å².